The fraction of sp³-hybridized carbons (Fsp3) is 0.500. The third-order valence-corrected chi connectivity index (χ3v) is 4.81. The highest BCUT2D eigenvalue weighted by molar-refractivity contribution is 7.09. The largest absolute Gasteiger partial charge is 0.462 e. The van der Waals surface area contributed by atoms with Crippen LogP contribution < -0.4 is 5.32 Å². The van der Waals surface area contributed by atoms with E-state index in [1.807, 2.05) is 12.3 Å². The minimum atomic E-state index is -0.218. The van der Waals surface area contributed by atoms with Crippen LogP contribution in [0.15, 0.2) is 22.1 Å². The van der Waals surface area contributed by atoms with Gasteiger partial charge in [0.15, 0.2) is 5.76 Å². The van der Waals surface area contributed by atoms with Gasteiger partial charge in [0.25, 0.3) is 5.91 Å². The summed E-state index contributed by atoms with van der Waals surface area (Å²) in [6.07, 6.45) is 4.99. The number of carbonyl (C=O) groups is 1. The molecular weight excluding hydrogens is 300 g/mol. The van der Waals surface area contributed by atoms with Gasteiger partial charge in [-0.2, -0.15) is 0 Å². The molecule has 1 aliphatic carbocycles. The van der Waals surface area contributed by atoms with E-state index in [1.165, 1.54) is 6.26 Å². The lowest BCUT2D eigenvalue weighted by atomic mass is 9.87. The zero-order chi connectivity index (χ0) is 15.5. The molecule has 1 saturated carbocycles. The van der Waals surface area contributed by atoms with E-state index in [0.717, 1.165) is 36.4 Å². The fourth-order valence-corrected chi connectivity index (χ4v) is 3.46. The molecule has 2 unspecified atom stereocenters. The molecule has 2 aromatic rings. The molecule has 0 bridgehead atoms. The minimum absolute atomic E-state index is 0.137. The molecule has 2 N–H and O–H groups in total. The maximum absolute atomic E-state index is 12.2. The molecule has 2 atom stereocenters. The number of hydrogen-bond donors (Lipinski definition) is 2. The number of aryl methyl sites for hydroxylation is 1. The third-order valence-electron chi connectivity index (χ3n) is 4.04. The first-order valence-corrected chi connectivity index (χ1v) is 8.47. The average Bonchev–Trinajstić information content (AvgIpc) is 3.13. The van der Waals surface area contributed by atoms with Crippen LogP contribution in [0.2, 0.25) is 0 Å². The zero-order valence-corrected chi connectivity index (χ0v) is 13.4. The SMILES string of the molecule is Cc1nc(-c2cc(C(=O)NCC3CCCC(O)C3)co2)cs1. The zero-order valence-electron chi connectivity index (χ0n) is 12.5. The summed E-state index contributed by atoms with van der Waals surface area (Å²) < 4.78 is 5.44. The monoisotopic (exact) mass is 320 g/mol. The van der Waals surface area contributed by atoms with Gasteiger partial charge in [-0.25, -0.2) is 4.98 Å². The van der Waals surface area contributed by atoms with Crippen molar-refractivity contribution in [2.75, 3.05) is 6.54 Å². The Balaban J connectivity index is 1.57. The number of aromatic nitrogens is 1. The number of hydrogen-bond acceptors (Lipinski definition) is 5. The highest BCUT2D eigenvalue weighted by Crippen LogP contribution is 2.25. The quantitative estimate of drug-likeness (QED) is 0.908. The Morgan fingerprint density at radius 2 is 2.41 bits per heavy atom. The van der Waals surface area contributed by atoms with Gasteiger partial charge >= 0.3 is 0 Å². The van der Waals surface area contributed by atoms with Crippen molar-refractivity contribution in [3.05, 3.63) is 28.3 Å². The van der Waals surface area contributed by atoms with Gasteiger partial charge in [0.2, 0.25) is 0 Å². The van der Waals surface area contributed by atoms with Crippen LogP contribution in [0.5, 0.6) is 0 Å². The molecule has 0 radical (unpaired) electrons. The lowest BCUT2D eigenvalue weighted by molar-refractivity contribution is 0.0873. The lowest BCUT2D eigenvalue weighted by Gasteiger charge is -2.25. The Labute approximate surface area is 133 Å². The predicted molar refractivity (Wildman–Crippen MR) is 84.9 cm³/mol. The molecule has 3 rings (SSSR count). The van der Waals surface area contributed by atoms with E-state index in [1.54, 1.807) is 17.4 Å². The number of nitrogens with zero attached hydrogens (tertiary/aromatic N) is 1. The number of carbonyl (C=O) groups excluding carboxylic acids is 1. The molecule has 1 aliphatic rings. The summed E-state index contributed by atoms with van der Waals surface area (Å²) in [5, 5.41) is 15.5. The average molecular weight is 320 g/mol. The number of nitrogens with one attached hydrogen (secondary N) is 1. The Hall–Kier alpha value is -1.66. The van der Waals surface area contributed by atoms with Gasteiger partial charge in [-0.15, -0.1) is 11.3 Å². The van der Waals surface area contributed by atoms with E-state index in [-0.39, 0.29) is 12.0 Å². The van der Waals surface area contributed by atoms with Crippen molar-refractivity contribution in [1.29, 1.82) is 0 Å². The van der Waals surface area contributed by atoms with Crippen LogP contribution in [0.25, 0.3) is 11.5 Å². The number of thiazole rings is 1. The van der Waals surface area contributed by atoms with Crippen molar-refractivity contribution in [1.82, 2.24) is 10.3 Å². The van der Waals surface area contributed by atoms with Crippen molar-refractivity contribution in [2.45, 2.75) is 38.7 Å². The van der Waals surface area contributed by atoms with Crippen LogP contribution in [-0.4, -0.2) is 28.6 Å². The molecule has 2 aromatic heterocycles. The van der Waals surface area contributed by atoms with E-state index in [4.69, 9.17) is 4.42 Å². The highest BCUT2D eigenvalue weighted by atomic mass is 32.1. The second-order valence-electron chi connectivity index (χ2n) is 5.85. The second-order valence-corrected chi connectivity index (χ2v) is 6.91. The van der Waals surface area contributed by atoms with Gasteiger partial charge in [-0.1, -0.05) is 6.42 Å². The molecule has 0 aliphatic heterocycles. The molecule has 0 saturated heterocycles. The van der Waals surface area contributed by atoms with Gasteiger partial charge in [0.1, 0.15) is 12.0 Å². The Morgan fingerprint density at radius 1 is 1.55 bits per heavy atom. The van der Waals surface area contributed by atoms with Gasteiger partial charge in [0.05, 0.1) is 16.7 Å². The highest BCUT2D eigenvalue weighted by Gasteiger charge is 2.21. The Bertz CT molecular complexity index is 649. The van der Waals surface area contributed by atoms with E-state index >= 15 is 0 Å². The molecule has 1 amide bonds. The van der Waals surface area contributed by atoms with Crippen molar-refractivity contribution in [2.24, 2.45) is 5.92 Å². The number of furan rings is 1. The van der Waals surface area contributed by atoms with Crippen molar-refractivity contribution < 1.29 is 14.3 Å². The van der Waals surface area contributed by atoms with Gasteiger partial charge in [-0.05, 0) is 38.2 Å². The molecule has 0 spiro atoms. The normalized spacial score (nSPS) is 21.7. The van der Waals surface area contributed by atoms with Crippen molar-refractivity contribution in [3.8, 4) is 11.5 Å². The van der Waals surface area contributed by atoms with E-state index in [9.17, 15) is 9.90 Å². The van der Waals surface area contributed by atoms with Gasteiger partial charge < -0.3 is 14.8 Å². The molecule has 118 valence electrons. The fourth-order valence-electron chi connectivity index (χ4n) is 2.85. The predicted octanol–water partition coefficient (Wildman–Crippen LogP) is 2.99. The summed E-state index contributed by atoms with van der Waals surface area (Å²) in [6, 6.07) is 1.72. The number of aliphatic hydroxyl groups excluding tert-OH is 1. The molecule has 5 nitrogen and oxygen atoms in total. The summed E-state index contributed by atoms with van der Waals surface area (Å²) in [5.74, 6) is 0.838. The molecule has 1 fully saturated rings. The Morgan fingerprint density at radius 3 is 3.14 bits per heavy atom. The second kappa shape index (κ2) is 6.62. The minimum Gasteiger partial charge on any atom is -0.462 e. The van der Waals surface area contributed by atoms with Crippen LogP contribution >= 0.6 is 11.3 Å². The number of rotatable bonds is 4. The van der Waals surface area contributed by atoms with Crippen molar-refractivity contribution >= 4 is 17.2 Å². The van der Waals surface area contributed by atoms with E-state index < -0.39 is 0 Å². The number of aliphatic hydroxyl groups is 1. The van der Waals surface area contributed by atoms with Crippen LogP contribution in [0, 0.1) is 12.8 Å². The first-order valence-electron chi connectivity index (χ1n) is 7.59. The first-order chi connectivity index (χ1) is 10.6. The van der Waals surface area contributed by atoms with Gasteiger partial charge in [-0.3, -0.25) is 4.79 Å². The Kier molecular flexibility index (Phi) is 4.59. The maximum atomic E-state index is 12.2. The molecular formula is C16H20N2O3S. The van der Waals surface area contributed by atoms with Crippen molar-refractivity contribution in [3.63, 3.8) is 0 Å². The lowest BCUT2D eigenvalue weighted by Crippen LogP contribution is -2.32. The van der Waals surface area contributed by atoms with Crippen LogP contribution in [0.4, 0.5) is 0 Å². The van der Waals surface area contributed by atoms with Crippen LogP contribution in [0.3, 0.4) is 0 Å². The van der Waals surface area contributed by atoms with Crippen LogP contribution in [-0.2, 0) is 0 Å². The molecule has 0 aromatic carbocycles. The van der Waals surface area contributed by atoms with Crippen LogP contribution in [0.1, 0.15) is 41.0 Å². The molecule has 2 heterocycles. The summed E-state index contributed by atoms with van der Waals surface area (Å²) in [6.45, 7) is 2.54. The first kappa shape index (κ1) is 15.2. The molecule has 6 heteroatoms. The van der Waals surface area contributed by atoms with Gasteiger partial charge in [0, 0.05) is 11.9 Å². The standard InChI is InChI=1S/C16H20N2O3S/c1-10-18-14(9-22-10)15-6-12(8-21-15)16(20)17-7-11-3-2-4-13(19)5-11/h6,8-9,11,13,19H,2-5,7H2,1H3,(H,17,20). The maximum Gasteiger partial charge on any atom is 0.254 e. The number of amides is 1. The summed E-state index contributed by atoms with van der Waals surface area (Å²) in [5.41, 5.74) is 1.27. The van der Waals surface area contributed by atoms with E-state index in [0.29, 0.717) is 23.8 Å². The summed E-state index contributed by atoms with van der Waals surface area (Å²) >= 11 is 1.55. The smallest absolute Gasteiger partial charge is 0.254 e. The molecule has 22 heavy (non-hydrogen) atoms. The summed E-state index contributed by atoms with van der Waals surface area (Å²) in [4.78, 5) is 16.5. The van der Waals surface area contributed by atoms with E-state index in [2.05, 4.69) is 10.3 Å². The summed E-state index contributed by atoms with van der Waals surface area (Å²) in [7, 11) is 0. The topological polar surface area (TPSA) is 75.4 Å². The third kappa shape index (κ3) is 3.56.